The maximum atomic E-state index is 5.19. The Kier molecular flexibility index (Phi) is 4.84. The number of halogens is 1. The van der Waals surface area contributed by atoms with E-state index in [0.717, 1.165) is 22.0 Å². The molecule has 2 nitrogen and oxygen atoms in total. The Morgan fingerprint density at radius 2 is 2.43 bits per heavy atom. The van der Waals surface area contributed by atoms with Gasteiger partial charge in [-0.15, -0.1) is 11.3 Å². The van der Waals surface area contributed by atoms with Gasteiger partial charge < -0.3 is 10.2 Å². The third-order valence-corrected chi connectivity index (χ3v) is 3.73. The first-order chi connectivity index (χ1) is 6.63. The van der Waals surface area contributed by atoms with Crippen LogP contribution in [0.4, 0.5) is 0 Å². The molecule has 1 aromatic heterocycles. The molecule has 0 aromatic carbocycles. The second-order valence-corrected chi connectivity index (χ2v) is 5.63. The zero-order valence-corrected chi connectivity index (χ0v) is 11.4. The molecule has 1 aromatic rings. The van der Waals surface area contributed by atoms with Crippen LogP contribution in [0.5, 0.6) is 0 Å². The van der Waals surface area contributed by atoms with Gasteiger partial charge in [-0.3, -0.25) is 0 Å². The molecule has 0 saturated carbocycles. The van der Waals surface area contributed by atoms with Gasteiger partial charge in [-0.2, -0.15) is 0 Å². The summed E-state index contributed by atoms with van der Waals surface area (Å²) >= 11 is 10.3. The topological polar surface area (TPSA) is 15.3 Å². The lowest BCUT2D eigenvalue weighted by Gasteiger charge is -2.19. The second-order valence-electron chi connectivity index (χ2n) is 2.95. The van der Waals surface area contributed by atoms with Gasteiger partial charge in [0.05, 0.1) is 3.79 Å². The van der Waals surface area contributed by atoms with E-state index in [1.807, 2.05) is 18.9 Å². The predicted molar refractivity (Wildman–Crippen MR) is 69.8 cm³/mol. The molecule has 1 heterocycles. The predicted octanol–water partition coefficient (Wildman–Crippen LogP) is 2.84. The molecule has 0 amide bonds. The van der Waals surface area contributed by atoms with E-state index in [-0.39, 0.29) is 0 Å². The number of thiocarbonyl (C=S) groups is 1. The largest absolute Gasteiger partial charge is 0.363 e. The number of hydrogen-bond donors (Lipinski definition) is 1. The molecule has 0 aliphatic rings. The summed E-state index contributed by atoms with van der Waals surface area (Å²) in [5, 5.41) is 6.06. The summed E-state index contributed by atoms with van der Waals surface area (Å²) in [7, 11) is 2.00. The molecule has 0 fully saturated rings. The van der Waals surface area contributed by atoms with Crippen LogP contribution in [0.25, 0.3) is 0 Å². The second kappa shape index (κ2) is 5.68. The van der Waals surface area contributed by atoms with Crippen LogP contribution in [-0.2, 0) is 6.54 Å². The lowest BCUT2D eigenvalue weighted by atomic mass is 10.3. The van der Waals surface area contributed by atoms with Gasteiger partial charge >= 0.3 is 0 Å². The molecule has 1 N–H and O–H groups in total. The highest BCUT2D eigenvalue weighted by Gasteiger charge is 2.04. The van der Waals surface area contributed by atoms with E-state index in [0.29, 0.717) is 0 Å². The van der Waals surface area contributed by atoms with Crippen LogP contribution in [0.1, 0.15) is 12.5 Å². The molecule has 0 radical (unpaired) electrons. The quantitative estimate of drug-likeness (QED) is 0.863. The van der Waals surface area contributed by atoms with Gasteiger partial charge in [0.25, 0.3) is 0 Å². The third kappa shape index (κ3) is 3.55. The van der Waals surface area contributed by atoms with Gasteiger partial charge in [0.2, 0.25) is 0 Å². The minimum Gasteiger partial charge on any atom is -0.363 e. The number of thiophene rings is 1. The average Bonchev–Trinajstić information content (AvgIpc) is 2.51. The first-order valence-corrected chi connectivity index (χ1v) is 6.43. The maximum Gasteiger partial charge on any atom is 0.168 e. The van der Waals surface area contributed by atoms with E-state index in [4.69, 9.17) is 12.2 Å². The maximum absolute atomic E-state index is 5.19. The van der Waals surface area contributed by atoms with Crippen LogP contribution < -0.4 is 5.32 Å². The van der Waals surface area contributed by atoms with Crippen LogP contribution in [0, 0.1) is 0 Å². The summed E-state index contributed by atoms with van der Waals surface area (Å²) in [5.41, 5.74) is 1.28. The molecule has 5 heteroatoms. The Hall–Kier alpha value is -0.130. The van der Waals surface area contributed by atoms with E-state index in [1.54, 1.807) is 11.3 Å². The Bertz CT molecular complexity index is 312. The highest BCUT2D eigenvalue weighted by molar-refractivity contribution is 9.11. The van der Waals surface area contributed by atoms with Crippen LogP contribution in [0.2, 0.25) is 0 Å². The van der Waals surface area contributed by atoms with Crippen molar-refractivity contribution in [1.82, 2.24) is 10.2 Å². The van der Waals surface area contributed by atoms with E-state index in [2.05, 4.69) is 32.7 Å². The SMILES string of the molecule is CCNC(=S)N(C)Cc1csc(Br)c1. The van der Waals surface area contributed by atoms with Gasteiger partial charge in [-0.1, -0.05) is 0 Å². The summed E-state index contributed by atoms with van der Waals surface area (Å²) in [4.78, 5) is 2.04. The lowest BCUT2D eigenvalue weighted by molar-refractivity contribution is 0.492. The summed E-state index contributed by atoms with van der Waals surface area (Å²) in [5.74, 6) is 0. The van der Waals surface area contributed by atoms with Gasteiger partial charge in [0.15, 0.2) is 5.11 Å². The van der Waals surface area contributed by atoms with Gasteiger partial charge in [-0.05, 0) is 52.1 Å². The molecule has 0 saturated heterocycles. The van der Waals surface area contributed by atoms with Gasteiger partial charge in [0.1, 0.15) is 0 Å². The van der Waals surface area contributed by atoms with Crippen molar-refractivity contribution < 1.29 is 0 Å². The fourth-order valence-electron chi connectivity index (χ4n) is 1.06. The van der Waals surface area contributed by atoms with Crippen molar-refractivity contribution in [2.24, 2.45) is 0 Å². The summed E-state index contributed by atoms with van der Waals surface area (Å²) < 4.78 is 1.16. The smallest absolute Gasteiger partial charge is 0.168 e. The van der Waals surface area contributed by atoms with E-state index < -0.39 is 0 Å². The van der Waals surface area contributed by atoms with Crippen molar-refractivity contribution >= 4 is 44.6 Å². The fraction of sp³-hybridized carbons (Fsp3) is 0.444. The summed E-state index contributed by atoms with van der Waals surface area (Å²) in [6, 6.07) is 2.12. The van der Waals surface area contributed by atoms with Crippen LogP contribution in [0.3, 0.4) is 0 Å². The van der Waals surface area contributed by atoms with Gasteiger partial charge in [0, 0.05) is 20.1 Å². The van der Waals surface area contributed by atoms with E-state index in [1.165, 1.54) is 5.56 Å². The number of hydrogen-bond acceptors (Lipinski definition) is 2. The highest BCUT2D eigenvalue weighted by atomic mass is 79.9. The first kappa shape index (κ1) is 11.9. The Morgan fingerprint density at radius 3 is 2.93 bits per heavy atom. The number of nitrogens with one attached hydrogen (secondary N) is 1. The van der Waals surface area contributed by atoms with Gasteiger partial charge in [-0.25, -0.2) is 0 Å². The third-order valence-electron chi connectivity index (χ3n) is 1.72. The van der Waals surface area contributed by atoms with Crippen molar-refractivity contribution in [3.05, 3.63) is 20.8 Å². The summed E-state index contributed by atoms with van der Waals surface area (Å²) in [6.07, 6.45) is 0. The van der Waals surface area contributed by atoms with Crippen LogP contribution in [-0.4, -0.2) is 23.6 Å². The van der Waals surface area contributed by atoms with Crippen molar-refractivity contribution in [3.8, 4) is 0 Å². The Balaban J connectivity index is 2.48. The Morgan fingerprint density at radius 1 is 1.71 bits per heavy atom. The number of nitrogens with zero attached hydrogens (tertiary/aromatic N) is 1. The minimum absolute atomic E-state index is 0.801. The van der Waals surface area contributed by atoms with Crippen molar-refractivity contribution in [3.63, 3.8) is 0 Å². The molecule has 0 aliphatic heterocycles. The molecule has 78 valence electrons. The highest BCUT2D eigenvalue weighted by Crippen LogP contribution is 2.21. The van der Waals surface area contributed by atoms with Crippen molar-refractivity contribution in [1.29, 1.82) is 0 Å². The van der Waals surface area contributed by atoms with Crippen molar-refractivity contribution in [2.45, 2.75) is 13.5 Å². The zero-order chi connectivity index (χ0) is 10.6. The molecule has 0 spiro atoms. The number of rotatable bonds is 3. The van der Waals surface area contributed by atoms with E-state index >= 15 is 0 Å². The molecule has 1 rings (SSSR count). The Labute approximate surface area is 102 Å². The first-order valence-electron chi connectivity index (χ1n) is 4.35. The van der Waals surface area contributed by atoms with Crippen molar-refractivity contribution in [2.75, 3.05) is 13.6 Å². The average molecular weight is 293 g/mol. The summed E-state index contributed by atoms with van der Waals surface area (Å²) in [6.45, 7) is 3.77. The molecule has 0 bridgehead atoms. The van der Waals surface area contributed by atoms with Crippen LogP contribution in [0.15, 0.2) is 15.2 Å². The molecule has 14 heavy (non-hydrogen) atoms. The minimum atomic E-state index is 0.801. The molecule has 0 aliphatic carbocycles. The molecule has 0 atom stereocenters. The monoisotopic (exact) mass is 292 g/mol. The lowest BCUT2D eigenvalue weighted by Crippen LogP contribution is -2.36. The molecule has 0 unspecified atom stereocenters. The van der Waals surface area contributed by atoms with Crippen LogP contribution >= 0.6 is 39.5 Å². The van der Waals surface area contributed by atoms with E-state index in [9.17, 15) is 0 Å². The normalized spacial score (nSPS) is 9.93. The zero-order valence-electron chi connectivity index (χ0n) is 8.21. The fourth-order valence-corrected chi connectivity index (χ4v) is 2.47. The standard InChI is InChI=1S/C9H13BrN2S2/c1-3-11-9(13)12(2)5-7-4-8(10)14-6-7/h4,6H,3,5H2,1-2H3,(H,11,13). The molecular weight excluding hydrogens is 280 g/mol. The molecular formula is C9H13BrN2S2.